The molecule has 2 aromatic rings. The Labute approximate surface area is 170 Å². The van der Waals surface area contributed by atoms with Crippen LogP contribution in [-0.4, -0.2) is 50.4 Å². The van der Waals surface area contributed by atoms with Gasteiger partial charge in [0.2, 0.25) is 5.91 Å². The number of amides is 2. The molecule has 2 rings (SSSR count). The van der Waals surface area contributed by atoms with Gasteiger partial charge in [-0.15, -0.1) is 0 Å². The maximum atomic E-state index is 11.9. The number of hydrogen-bond donors (Lipinski definition) is 3. The van der Waals surface area contributed by atoms with Crippen LogP contribution in [0.3, 0.4) is 0 Å². The van der Waals surface area contributed by atoms with Crippen molar-refractivity contribution in [3.8, 4) is 5.75 Å². The van der Waals surface area contributed by atoms with Crippen molar-refractivity contribution < 1.29 is 14.3 Å². The van der Waals surface area contributed by atoms with E-state index >= 15 is 0 Å². The Balaban J connectivity index is 1.89. The summed E-state index contributed by atoms with van der Waals surface area (Å²) in [7, 11) is 5.34. The fourth-order valence-electron chi connectivity index (χ4n) is 2.69. The molecular formula is C21H27N5O3. The first-order valence-corrected chi connectivity index (χ1v) is 9.13. The molecule has 0 heterocycles. The molecule has 2 aromatic carbocycles. The first kappa shape index (κ1) is 21.7. The Morgan fingerprint density at radius 3 is 2.21 bits per heavy atom. The molecule has 2 amide bonds. The molecular weight excluding hydrogens is 370 g/mol. The number of nitrogens with two attached hydrogens (primary N) is 1. The molecule has 0 aromatic heterocycles. The SMILES string of the molecule is CN=C(NCc1ccc(C(=O)NCC(N)=O)cc1)N(C)Cc1ccc(OC)cc1. The molecule has 0 fully saturated rings. The number of carbonyl (C=O) groups is 2. The minimum absolute atomic E-state index is 0.182. The minimum atomic E-state index is -0.579. The molecule has 0 aliphatic rings. The van der Waals surface area contributed by atoms with Gasteiger partial charge in [-0.1, -0.05) is 24.3 Å². The van der Waals surface area contributed by atoms with E-state index < -0.39 is 5.91 Å². The third kappa shape index (κ3) is 6.84. The Morgan fingerprint density at radius 2 is 1.66 bits per heavy atom. The second-order valence-electron chi connectivity index (χ2n) is 6.45. The molecule has 0 unspecified atom stereocenters. The van der Waals surface area contributed by atoms with Crippen LogP contribution in [0.25, 0.3) is 0 Å². The van der Waals surface area contributed by atoms with Crippen LogP contribution < -0.4 is 21.1 Å². The molecule has 8 nitrogen and oxygen atoms in total. The van der Waals surface area contributed by atoms with Crippen LogP contribution in [0.4, 0.5) is 0 Å². The van der Waals surface area contributed by atoms with Crippen molar-refractivity contribution in [1.29, 1.82) is 0 Å². The lowest BCUT2D eigenvalue weighted by molar-refractivity contribution is -0.117. The third-order valence-corrected chi connectivity index (χ3v) is 4.24. The van der Waals surface area contributed by atoms with Gasteiger partial charge in [-0.05, 0) is 35.4 Å². The van der Waals surface area contributed by atoms with Crippen LogP contribution in [0.2, 0.25) is 0 Å². The van der Waals surface area contributed by atoms with E-state index in [1.54, 1.807) is 26.3 Å². The Kier molecular flexibility index (Phi) is 8.02. The fourth-order valence-corrected chi connectivity index (χ4v) is 2.69. The largest absolute Gasteiger partial charge is 0.497 e. The lowest BCUT2D eigenvalue weighted by Crippen LogP contribution is -2.38. The van der Waals surface area contributed by atoms with Crippen molar-refractivity contribution in [2.24, 2.45) is 10.7 Å². The number of aliphatic imine (C=N–C) groups is 1. The topological polar surface area (TPSA) is 109 Å². The maximum Gasteiger partial charge on any atom is 0.251 e. The average molecular weight is 397 g/mol. The number of primary amides is 1. The molecule has 0 radical (unpaired) electrons. The number of rotatable bonds is 8. The number of carbonyl (C=O) groups excluding carboxylic acids is 2. The maximum absolute atomic E-state index is 11.9. The van der Waals surface area contributed by atoms with E-state index in [1.807, 2.05) is 48.3 Å². The number of hydrogen-bond acceptors (Lipinski definition) is 4. The van der Waals surface area contributed by atoms with Crippen molar-refractivity contribution in [3.63, 3.8) is 0 Å². The summed E-state index contributed by atoms with van der Waals surface area (Å²) >= 11 is 0. The van der Waals surface area contributed by atoms with E-state index in [0.717, 1.165) is 22.8 Å². The monoisotopic (exact) mass is 397 g/mol. The van der Waals surface area contributed by atoms with Gasteiger partial charge < -0.3 is 26.0 Å². The smallest absolute Gasteiger partial charge is 0.251 e. The average Bonchev–Trinajstić information content (AvgIpc) is 2.73. The summed E-state index contributed by atoms with van der Waals surface area (Å²) in [6.07, 6.45) is 0. The van der Waals surface area contributed by atoms with Crippen LogP contribution in [0, 0.1) is 0 Å². The van der Waals surface area contributed by atoms with Crippen molar-refractivity contribution in [1.82, 2.24) is 15.5 Å². The number of nitrogens with one attached hydrogen (secondary N) is 2. The summed E-state index contributed by atoms with van der Waals surface area (Å²) in [6.45, 7) is 1.07. The Morgan fingerprint density at radius 1 is 1.03 bits per heavy atom. The van der Waals surface area contributed by atoms with Gasteiger partial charge in [0.1, 0.15) is 5.75 Å². The molecule has 8 heteroatoms. The zero-order valence-corrected chi connectivity index (χ0v) is 16.9. The van der Waals surface area contributed by atoms with E-state index in [4.69, 9.17) is 10.5 Å². The second kappa shape index (κ2) is 10.7. The second-order valence-corrected chi connectivity index (χ2v) is 6.45. The molecule has 4 N–H and O–H groups in total. The molecule has 0 saturated carbocycles. The molecule has 0 saturated heterocycles. The lowest BCUT2D eigenvalue weighted by Gasteiger charge is -2.22. The highest BCUT2D eigenvalue weighted by atomic mass is 16.5. The van der Waals surface area contributed by atoms with Gasteiger partial charge in [-0.25, -0.2) is 0 Å². The Hall–Kier alpha value is -3.55. The van der Waals surface area contributed by atoms with Crippen LogP contribution in [-0.2, 0) is 17.9 Å². The third-order valence-electron chi connectivity index (χ3n) is 4.24. The number of guanidine groups is 1. The van der Waals surface area contributed by atoms with Gasteiger partial charge in [0.05, 0.1) is 13.7 Å². The van der Waals surface area contributed by atoms with Crippen molar-refractivity contribution in [2.45, 2.75) is 13.1 Å². The zero-order valence-electron chi connectivity index (χ0n) is 16.9. The normalized spacial score (nSPS) is 10.9. The molecule has 0 atom stereocenters. The Bertz CT molecular complexity index is 848. The summed E-state index contributed by atoms with van der Waals surface area (Å²) < 4.78 is 5.18. The summed E-state index contributed by atoms with van der Waals surface area (Å²) in [4.78, 5) is 29.0. The van der Waals surface area contributed by atoms with E-state index in [2.05, 4.69) is 15.6 Å². The highest BCUT2D eigenvalue weighted by molar-refractivity contribution is 5.96. The molecule has 0 aliphatic heterocycles. The number of benzene rings is 2. The minimum Gasteiger partial charge on any atom is -0.497 e. The van der Waals surface area contributed by atoms with Gasteiger partial charge in [0.15, 0.2) is 5.96 Å². The predicted molar refractivity (Wildman–Crippen MR) is 113 cm³/mol. The summed E-state index contributed by atoms with van der Waals surface area (Å²) in [6, 6.07) is 15.0. The van der Waals surface area contributed by atoms with Crippen LogP contribution >= 0.6 is 0 Å². The molecule has 29 heavy (non-hydrogen) atoms. The van der Waals surface area contributed by atoms with Gasteiger partial charge in [-0.3, -0.25) is 14.6 Å². The molecule has 154 valence electrons. The molecule has 0 spiro atoms. The fraction of sp³-hybridized carbons (Fsp3) is 0.286. The summed E-state index contributed by atoms with van der Waals surface area (Å²) in [5.74, 6) is 0.664. The van der Waals surface area contributed by atoms with Crippen LogP contribution in [0.1, 0.15) is 21.5 Å². The lowest BCUT2D eigenvalue weighted by atomic mass is 10.1. The number of ether oxygens (including phenoxy) is 1. The zero-order chi connectivity index (χ0) is 21.2. The highest BCUT2D eigenvalue weighted by Gasteiger charge is 2.09. The number of nitrogens with zero attached hydrogens (tertiary/aromatic N) is 2. The molecule has 0 bridgehead atoms. The van der Waals surface area contributed by atoms with Gasteiger partial charge in [-0.2, -0.15) is 0 Å². The van der Waals surface area contributed by atoms with Gasteiger partial charge in [0.25, 0.3) is 5.91 Å². The van der Waals surface area contributed by atoms with E-state index in [1.165, 1.54) is 0 Å². The van der Waals surface area contributed by atoms with Crippen molar-refractivity contribution in [2.75, 3.05) is 27.7 Å². The van der Waals surface area contributed by atoms with Crippen LogP contribution in [0.15, 0.2) is 53.5 Å². The van der Waals surface area contributed by atoms with Crippen LogP contribution in [0.5, 0.6) is 5.75 Å². The summed E-state index contributed by atoms with van der Waals surface area (Å²) in [5.41, 5.74) is 7.63. The predicted octanol–water partition coefficient (Wildman–Crippen LogP) is 1.12. The first-order chi connectivity index (χ1) is 13.9. The van der Waals surface area contributed by atoms with Crippen molar-refractivity contribution in [3.05, 3.63) is 65.2 Å². The van der Waals surface area contributed by atoms with Gasteiger partial charge >= 0.3 is 0 Å². The van der Waals surface area contributed by atoms with Gasteiger partial charge in [0, 0.05) is 32.7 Å². The highest BCUT2D eigenvalue weighted by Crippen LogP contribution is 2.12. The first-order valence-electron chi connectivity index (χ1n) is 9.13. The quantitative estimate of drug-likeness (QED) is 0.457. The van der Waals surface area contributed by atoms with Crippen molar-refractivity contribution >= 4 is 17.8 Å². The number of methoxy groups -OCH3 is 1. The van der Waals surface area contributed by atoms with E-state index in [-0.39, 0.29) is 12.5 Å². The standard InChI is InChI=1S/C21H27N5O3/c1-23-21(26(2)14-16-6-10-18(29-3)11-7-16)25-12-15-4-8-17(9-5-15)20(28)24-13-19(22)27/h4-11H,12-14H2,1-3H3,(H2,22,27)(H,23,25)(H,24,28). The van der Waals surface area contributed by atoms with E-state index in [9.17, 15) is 9.59 Å². The molecule has 0 aliphatic carbocycles. The van der Waals surface area contributed by atoms with E-state index in [0.29, 0.717) is 18.7 Å². The summed E-state index contributed by atoms with van der Waals surface area (Å²) in [5, 5.41) is 5.77.